The molecule has 2 aromatic heterocycles. The van der Waals surface area contributed by atoms with Crippen molar-refractivity contribution in [3.05, 3.63) is 41.5 Å². The maximum atomic E-state index is 11.7. The van der Waals surface area contributed by atoms with Crippen molar-refractivity contribution in [1.82, 2.24) is 0 Å². The van der Waals surface area contributed by atoms with E-state index in [9.17, 15) is 9.59 Å². The molecule has 96 valence electrons. The van der Waals surface area contributed by atoms with E-state index in [0.717, 1.165) is 17.4 Å². The van der Waals surface area contributed by atoms with E-state index in [2.05, 4.69) is 38.5 Å². The van der Waals surface area contributed by atoms with Gasteiger partial charge in [-0.3, -0.25) is 0 Å². The lowest BCUT2D eigenvalue weighted by atomic mass is 10.1. The van der Waals surface area contributed by atoms with Gasteiger partial charge in [0.25, 0.3) is 0 Å². The minimum atomic E-state index is -1.28. The van der Waals surface area contributed by atoms with Gasteiger partial charge in [-0.25, -0.2) is 9.59 Å². The van der Waals surface area contributed by atoms with Crippen LogP contribution < -0.4 is 5.63 Å². The number of benzene rings is 1. The highest BCUT2D eigenvalue weighted by atomic mass is 127. The van der Waals surface area contributed by atoms with Crippen LogP contribution in [0.2, 0.25) is 0 Å². The topological polar surface area (TPSA) is 67.5 Å². The van der Waals surface area contributed by atoms with Gasteiger partial charge in [0.15, 0.2) is 5.58 Å². The highest BCUT2D eigenvalue weighted by molar-refractivity contribution is 14.1. The second kappa shape index (κ2) is 4.57. The van der Waals surface area contributed by atoms with Crippen LogP contribution in [0.5, 0.6) is 0 Å². The molecular weight excluding hydrogens is 447 g/mol. The van der Waals surface area contributed by atoms with Crippen LogP contribution in [-0.2, 0) is 0 Å². The molecule has 0 unspecified atom stereocenters. The van der Waals surface area contributed by atoms with Crippen LogP contribution >= 0.6 is 49.9 Å². The van der Waals surface area contributed by atoms with E-state index in [4.69, 9.17) is 9.52 Å². The number of carboxylic acid groups (broad SMARTS) is 1. The van der Waals surface area contributed by atoms with Crippen LogP contribution in [0.15, 0.2) is 31.9 Å². The zero-order valence-electron chi connectivity index (χ0n) is 9.07. The van der Waals surface area contributed by atoms with Crippen molar-refractivity contribution >= 4 is 76.9 Å². The van der Waals surface area contributed by atoms with Crippen molar-refractivity contribution in [3.8, 4) is 0 Å². The molecule has 1 N–H and O–H groups in total. The highest BCUT2D eigenvalue weighted by Crippen LogP contribution is 2.39. The number of fused-ring (bicyclic) bond motifs is 3. The predicted octanol–water partition coefficient (Wildman–Crippen LogP) is 4.07. The Kier molecular flexibility index (Phi) is 3.14. The summed E-state index contributed by atoms with van der Waals surface area (Å²) in [5, 5.41) is 10.5. The average molecular weight is 451 g/mol. The lowest BCUT2D eigenvalue weighted by Gasteiger charge is -1.99. The first-order valence-corrected chi connectivity index (χ1v) is 7.75. The van der Waals surface area contributed by atoms with Crippen LogP contribution in [0.25, 0.3) is 21.1 Å². The Morgan fingerprint density at radius 2 is 2.16 bits per heavy atom. The number of rotatable bonds is 1. The van der Waals surface area contributed by atoms with Gasteiger partial charge in [0.05, 0.1) is 7.58 Å². The SMILES string of the molecule is O=C(O)c1cc2ccc3c(Br)c(I)sc3c2oc1=O. The maximum absolute atomic E-state index is 11.7. The molecule has 0 amide bonds. The minimum absolute atomic E-state index is 0.350. The smallest absolute Gasteiger partial charge is 0.351 e. The number of carbonyl (C=O) groups is 1. The molecule has 0 fully saturated rings. The molecule has 0 saturated carbocycles. The standard InChI is InChI=1S/C12H4BrIO4S/c13-7-5-2-1-4-3-6(11(15)16)12(17)18-8(4)9(5)19-10(7)14/h1-3H,(H,15,16). The fourth-order valence-electron chi connectivity index (χ4n) is 1.82. The highest BCUT2D eigenvalue weighted by Gasteiger charge is 2.16. The van der Waals surface area contributed by atoms with Gasteiger partial charge in [-0.05, 0) is 44.6 Å². The van der Waals surface area contributed by atoms with E-state index in [1.165, 1.54) is 17.4 Å². The first kappa shape index (κ1) is 13.1. The van der Waals surface area contributed by atoms with Gasteiger partial charge in [0.1, 0.15) is 5.56 Å². The molecule has 7 heteroatoms. The van der Waals surface area contributed by atoms with Crippen LogP contribution in [0.4, 0.5) is 0 Å². The summed E-state index contributed by atoms with van der Waals surface area (Å²) in [5.41, 5.74) is -0.745. The van der Waals surface area contributed by atoms with Crippen LogP contribution in [-0.4, -0.2) is 11.1 Å². The van der Waals surface area contributed by atoms with Gasteiger partial charge in [0, 0.05) is 15.2 Å². The molecule has 0 aliphatic heterocycles. The summed E-state index contributed by atoms with van der Waals surface area (Å²) in [6, 6.07) is 4.98. The minimum Gasteiger partial charge on any atom is -0.477 e. The monoisotopic (exact) mass is 450 g/mol. The third-order valence-corrected chi connectivity index (χ3v) is 6.71. The van der Waals surface area contributed by atoms with Crippen molar-refractivity contribution in [2.24, 2.45) is 0 Å². The third kappa shape index (κ3) is 2.00. The molecule has 0 radical (unpaired) electrons. The zero-order chi connectivity index (χ0) is 13.7. The molecule has 0 saturated heterocycles. The fourth-order valence-corrected chi connectivity index (χ4v) is 4.39. The van der Waals surface area contributed by atoms with Crippen molar-refractivity contribution in [2.45, 2.75) is 0 Å². The molecule has 19 heavy (non-hydrogen) atoms. The first-order chi connectivity index (χ1) is 8.99. The van der Waals surface area contributed by atoms with Crippen molar-refractivity contribution in [1.29, 1.82) is 0 Å². The van der Waals surface area contributed by atoms with E-state index in [-0.39, 0.29) is 5.56 Å². The van der Waals surface area contributed by atoms with Gasteiger partial charge >= 0.3 is 11.6 Å². The molecule has 0 aliphatic carbocycles. The summed E-state index contributed by atoms with van der Waals surface area (Å²) in [6.45, 7) is 0. The van der Waals surface area contributed by atoms with Gasteiger partial charge in [-0.15, -0.1) is 11.3 Å². The Morgan fingerprint density at radius 1 is 1.42 bits per heavy atom. The van der Waals surface area contributed by atoms with Gasteiger partial charge in [0.2, 0.25) is 0 Å². The average Bonchev–Trinajstić information content (AvgIpc) is 2.65. The van der Waals surface area contributed by atoms with E-state index >= 15 is 0 Å². The van der Waals surface area contributed by atoms with Crippen molar-refractivity contribution in [2.75, 3.05) is 0 Å². The van der Waals surface area contributed by atoms with E-state index in [0.29, 0.717) is 11.0 Å². The molecule has 0 aliphatic rings. The molecule has 0 spiro atoms. The van der Waals surface area contributed by atoms with Crippen molar-refractivity contribution in [3.63, 3.8) is 0 Å². The van der Waals surface area contributed by atoms with E-state index in [1.54, 1.807) is 6.07 Å². The summed E-state index contributed by atoms with van der Waals surface area (Å²) in [7, 11) is 0. The second-order valence-electron chi connectivity index (χ2n) is 3.80. The van der Waals surface area contributed by atoms with Crippen LogP contribution in [0.1, 0.15) is 10.4 Å². The molecule has 3 aromatic rings. The summed E-state index contributed by atoms with van der Waals surface area (Å²) in [4.78, 5) is 22.6. The molecule has 0 atom stereocenters. The summed E-state index contributed by atoms with van der Waals surface area (Å²) in [6.07, 6.45) is 0. The number of halogens is 2. The Bertz CT molecular complexity index is 896. The Labute approximate surface area is 132 Å². The molecule has 3 rings (SSSR count). The lowest BCUT2D eigenvalue weighted by molar-refractivity contribution is 0.0692. The van der Waals surface area contributed by atoms with E-state index in [1.807, 2.05) is 6.07 Å². The molecule has 1 aromatic carbocycles. The molecule has 2 heterocycles. The zero-order valence-corrected chi connectivity index (χ0v) is 13.6. The first-order valence-electron chi connectivity index (χ1n) is 5.06. The molecule has 0 bridgehead atoms. The number of aromatic carboxylic acids is 1. The largest absolute Gasteiger partial charge is 0.477 e. The normalized spacial score (nSPS) is 11.3. The summed E-state index contributed by atoms with van der Waals surface area (Å²) >= 11 is 7.17. The van der Waals surface area contributed by atoms with E-state index < -0.39 is 11.6 Å². The summed E-state index contributed by atoms with van der Waals surface area (Å²) < 4.78 is 8.03. The second-order valence-corrected chi connectivity index (χ2v) is 7.43. The maximum Gasteiger partial charge on any atom is 0.351 e. The van der Waals surface area contributed by atoms with Crippen molar-refractivity contribution < 1.29 is 14.3 Å². The van der Waals surface area contributed by atoms with Gasteiger partial charge in [-0.2, -0.15) is 0 Å². The third-order valence-electron chi connectivity index (χ3n) is 2.69. The quantitative estimate of drug-likeness (QED) is 0.448. The number of carboxylic acids is 1. The van der Waals surface area contributed by atoms with Gasteiger partial charge in [-0.1, -0.05) is 12.1 Å². The number of hydrogen-bond donors (Lipinski definition) is 1. The van der Waals surface area contributed by atoms with Crippen LogP contribution in [0, 0.1) is 2.88 Å². The number of hydrogen-bond acceptors (Lipinski definition) is 4. The van der Waals surface area contributed by atoms with Crippen LogP contribution in [0.3, 0.4) is 0 Å². The molecule has 4 nitrogen and oxygen atoms in total. The van der Waals surface area contributed by atoms with Gasteiger partial charge < -0.3 is 9.52 Å². The Balaban J connectivity index is 2.50. The molecular formula is C12H4BrIO4S. The summed E-state index contributed by atoms with van der Waals surface area (Å²) in [5.74, 6) is -1.28. The fraction of sp³-hybridized carbons (Fsp3) is 0. The Hall–Kier alpha value is -0.930. The number of thiophene rings is 1. The Morgan fingerprint density at radius 3 is 2.84 bits per heavy atom. The predicted molar refractivity (Wildman–Crippen MR) is 85.2 cm³/mol. The lowest BCUT2D eigenvalue weighted by Crippen LogP contribution is -2.12.